The summed E-state index contributed by atoms with van der Waals surface area (Å²) in [7, 11) is 0. The molecule has 0 bridgehead atoms. The highest BCUT2D eigenvalue weighted by atomic mass is 16.2. The molecular formula is C27H31N3O3. The topological polar surface area (TPSA) is 69.7 Å². The first-order valence-electron chi connectivity index (χ1n) is 12.1. The Kier molecular flexibility index (Phi) is 5.92. The summed E-state index contributed by atoms with van der Waals surface area (Å²) in [6.45, 7) is 4.04. The van der Waals surface area contributed by atoms with Crippen molar-refractivity contribution in [3.05, 3.63) is 70.8 Å². The van der Waals surface area contributed by atoms with E-state index < -0.39 is 5.92 Å². The van der Waals surface area contributed by atoms with Crippen molar-refractivity contribution in [3.63, 3.8) is 0 Å². The fraction of sp³-hybridized carbons (Fsp3) is 0.444. The lowest BCUT2D eigenvalue weighted by atomic mass is 9.78. The number of hydrogen-bond donors (Lipinski definition) is 1. The summed E-state index contributed by atoms with van der Waals surface area (Å²) in [6.07, 6.45) is 4.25. The van der Waals surface area contributed by atoms with Crippen LogP contribution in [0.1, 0.15) is 71.1 Å². The average Bonchev–Trinajstić information content (AvgIpc) is 3.57. The van der Waals surface area contributed by atoms with Crippen molar-refractivity contribution in [1.29, 1.82) is 0 Å². The van der Waals surface area contributed by atoms with E-state index in [0.29, 0.717) is 25.1 Å². The van der Waals surface area contributed by atoms with Crippen LogP contribution in [0.4, 0.5) is 0 Å². The highest BCUT2D eigenvalue weighted by Crippen LogP contribution is 2.47. The zero-order valence-electron chi connectivity index (χ0n) is 19.1. The average molecular weight is 446 g/mol. The molecule has 2 aliphatic heterocycles. The molecule has 2 fully saturated rings. The van der Waals surface area contributed by atoms with E-state index in [-0.39, 0.29) is 29.8 Å². The summed E-state index contributed by atoms with van der Waals surface area (Å²) in [5, 5.41) is 3.13. The number of likely N-dealkylation sites (tertiary alicyclic amines) is 1. The molecule has 1 saturated heterocycles. The second kappa shape index (κ2) is 9.00. The molecule has 0 spiro atoms. The standard InChI is InChI=1S/C27H31N3O3/c1-18-7-4-8-19(17-18)25-24(26(32)28-14-6-16-29-15-5-11-23(29)31)21-9-2-3-10-22(21)27(33)30(25)20-12-13-20/h2-4,7-10,17,20,24-25H,5-6,11-16H2,1H3,(H,28,32)/t24-,25+/m0/s1. The summed E-state index contributed by atoms with van der Waals surface area (Å²) in [5.41, 5.74) is 3.56. The van der Waals surface area contributed by atoms with Crippen molar-refractivity contribution in [3.8, 4) is 0 Å². The SMILES string of the molecule is Cc1cccc([C@@H]2[C@@H](C(=O)NCCCN3CCCC3=O)c3ccccc3C(=O)N2C2CC2)c1. The third-order valence-electron chi connectivity index (χ3n) is 7.06. The van der Waals surface area contributed by atoms with E-state index >= 15 is 0 Å². The minimum absolute atomic E-state index is 0.0243. The van der Waals surface area contributed by atoms with Gasteiger partial charge in [-0.3, -0.25) is 14.4 Å². The minimum Gasteiger partial charge on any atom is -0.355 e. The molecule has 0 unspecified atom stereocenters. The Morgan fingerprint density at radius 3 is 2.64 bits per heavy atom. The smallest absolute Gasteiger partial charge is 0.254 e. The molecule has 0 aromatic heterocycles. The summed E-state index contributed by atoms with van der Waals surface area (Å²) in [4.78, 5) is 42.9. The number of aryl methyl sites for hydroxylation is 1. The van der Waals surface area contributed by atoms with Gasteiger partial charge in [0.1, 0.15) is 0 Å². The number of hydrogen-bond acceptors (Lipinski definition) is 3. The fourth-order valence-corrected chi connectivity index (χ4v) is 5.33. The highest BCUT2D eigenvalue weighted by molar-refractivity contribution is 6.01. The van der Waals surface area contributed by atoms with Crippen LogP contribution in [0.2, 0.25) is 0 Å². The van der Waals surface area contributed by atoms with E-state index in [1.165, 1.54) is 0 Å². The summed E-state index contributed by atoms with van der Waals surface area (Å²) in [5.74, 6) is -0.286. The fourth-order valence-electron chi connectivity index (χ4n) is 5.33. The van der Waals surface area contributed by atoms with Gasteiger partial charge in [-0.05, 0) is 49.8 Å². The van der Waals surface area contributed by atoms with Gasteiger partial charge in [-0.25, -0.2) is 0 Å². The van der Waals surface area contributed by atoms with Crippen LogP contribution in [0.25, 0.3) is 0 Å². The molecule has 6 heteroatoms. The molecule has 5 rings (SSSR count). The van der Waals surface area contributed by atoms with Crippen LogP contribution in [0, 0.1) is 6.92 Å². The quantitative estimate of drug-likeness (QED) is 0.663. The van der Waals surface area contributed by atoms with Crippen LogP contribution in [0.5, 0.6) is 0 Å². The molecule has 33 heavy (non-hydrogen) atoms. The maximum absolute atomic E-state index is 13.7. The largest absolute Gasteiger partial charge is 0.355 e. The van der Waals surface area contributed by atoms with Crippen LogP contribution in [0.3, 0.4) is 0 Å². The second-order valence-electron chi connectivity index (χ2n) is 9.50. The van der Waals surface area contributed by atoms with Crippen LogP contribution in [0.15, 0.2) is 48.5 Å². The number of carbonyl (C=O) groups excluding carboxylic acids is 3. The Balaban J connectivity index is 1.42. The first-order chi connectivity index (χ1) is 16.0. The number of nitrogens with zero attached hydrogens (tertiary/aromatic N) is 2. The van der Waals surface area contributed by atoms with E-state index in [1.807, 2.05) is 59.2 Å². The van der Waals surface area contributed by atoms with E-state index in [4.69, 9.17) is 0 Å². The number of carbonyl (C=O) groups is 3. The van der Waals surface area contributed by atoms with Gasteiger partial charge in [0.2, 0.25) is 11.8 Å². The summed E-state index contributed by atoms with van der Waals surface area (Å²) < 4.78 is 0. The van der Waals surface area contributed by atoms with Crippen LogP contribution in [-0.4, -0.2) is 53.2 Å². The van der Waals surface area contributed by atoms with Crippen LogP contribution < -0.4 is 5.32 Å². The summed E-state index contributed by atoms with van der Waals surface area (Å²) >= 11 is 0. The normalized spacial score (nSPS) is 22.5. The van der Waals surface area contributed by atoms with Gasteiger partial charge in [-0.1, -0.05) is 48.0 Å². The van der Waals surface area contributed by atoms with Crippen LogP contribution in [-0.2, 0) is 9.59 Å². The van der Waals surface area contributed by atoms with Gasteiger partial charge in [0.15, 0.2) is 0 Å². The predicted molar refractivity (Wildman–Crippen MR) is 126 cm³/mol. The molecule has 2 aromatic rings. The molecule has 1 saturated carbocycles. The van der Waals surface area contributed by atoms with Gasteiger partial charge in [-0.2, -0.15) is 0 Å². The summed E-state index contributed by atoms with van der Waals surface area (Å²) in [6, 6.07) is 15.6. The third kappa shape index (κ3) is 4.26. The molecule has 1 aliphatic carbocycles. The Labute approximate surface area is 194 Å². The van der Waals surface area contributed by atoms with Crippen molar-refractivity contribution in [1.82, 2.24) is 15.1 Å². The first kappa shape index (κ1) is 21.7. The van der Waals surface area contributed by atoms with Gasteiger partial charge in [0.05, 0.1) is 12.0 Å². The Hall–Kier alpha value is -3.15. The minimum atomic E-state index is -0.463. The van der Waals surface area contributed by atoms with Crippen LogP contribution >= 0.6 is 0 Å². The molecule has 1 N–H and O–H groups in total. The first-order valence-corrected chi connectivity index (χ1v) is 12.1. The zero-order chi connectivity index (χ0) is 22.9. The number of nitrogens with one attached hydrogen (secondary N) is 1. The number of benzene rings is 2. The van der Waals surface area contributed by atoms with Gasteiger partial charge in [0, 0.05) is 37.7 Å². The van der Waals surface area contributed by atoms with Gasteiger partial charge in [0.25, 0.3) is 5.91 Å². The van der Waals surface area contributed by atoms with Gasteiger partial charge < -0.3 is 15.1 Å². The highest BCUT2D eigenvalue weighted by Gasteiger charge is 2.48. The lowest BCUT2D eigenvalue weighted by molar-refractivity contribution is -0.127. The number of rotatable bonds is 7. The molecule has 3 amide bonds. The molecule has 172 valence electrons. The second-order valence-corrected chi connectivity index (χ2v) is 9.50. The van der Waals surface area contributed by atoms with E-state index in [0.717, 1.165) is 48.9 Å². The Bertz CT molecular complexity index is 1080. The maximum atomic E-state index is 13.7. The van der Waals surface area contributed by atoms with Gasteiger partial charge in [-0.15, -0.1) is 0 Å². The Morgan fingerprint density at radius 1 is 1.09 bits per heavy atom. The lowest BCUT2D eigenvalue weighted by Crippen LogP contribution is -2.48. The molecule has 3 aliphatic rings. The molecule has 0 radical (unpaired) electrons. The van der Waals surface area contributed by atoms with E-state index in [1.54, 1.807) is 0 Å². The Morgan fingerprint density at radius 2 is 1.91 bits per heavy atom. The number of amides is 3. The van der Waals surface area contributed by atoms with Crippen molar-refractivity contribution in [2.45, 2.75) is 57.0 Å². The number of fused-ring (bicyclic) bond motifs is 1. The molecule has 6 nitrogen and oxygen atoms in total. The van der Waals surface area contributed by atoms with Crippen molar-refractivity contribution < 1.29 is 14.4 Å². The van der Waals surface area contributed by atoms with Gasteiger partial charge >= 0.3 is 0 Å². The molecular weight excluding hydrogens is 414 g/mol. The third-order valence-corrected chi connectivity index (χ3v) is 7.06. The van der Waals surface area contributed by atoms with E-state index in [2.05, 4.69) is 11.4 Å². The van der Waals surface area contributed by atoms with E-state index in [9.17, 15) is 14.4 Å². The monoisotopic (exact) mass is 445 g/mol. The predicted octanol–water partition coefficient (Wildman–Crippen LogP) is 3.57. The molecule has 2 atom stereocenters. The van der Waals surface area contributed by atoms with Crippen molar-refractivity contribution in [2.24, 2.45) is 0 Å². The lowest BCUT2D eigenvalue weighted by Gasteiger charge is -2.42. The molecule has 2 heterocycles. The van der Waals surface area contributed by atoms with Crippen molar-refractivity contribution >= 4 is 17.7 Å². The van der Waals surface area contributed by atoms with Crippen molar-refractivity contribution in [2.75, 3.05) is 19.6 Å². The zero-order valence-corrected chi connectivity index (χ0v) is 19.1. The molecule has 2 aromatic carbocycles. The maximum Gasteiger partial charge on any atom is 0.254 e.